The normalized spacial score (nSPS) is 19.7. The SMILES string of the molecule is CC(C)(C)C1CCN(CCOc2ccccc2C(N)=S)C1. The van der Waals surface area contributed by atoms with Crippen molar-refractivity contribution in [2.45, 2.75) is 27.2 Å². The summed E-state index contributed by atoms with van der Waals surface area (Å²) in [5.41, 5.74) is 6.93. The summed E-state index contributed by atoms with van der Waals surface area (Å²) >= 11 is 5.05. The monoisotopic (exact) mass is 306 g/mol. The first-order valence-electron chi connectivity index (χ1n) is 7.62. The molecule has 1 unspecified atom stereocenters. The molecular weight excluding hydrogens is 280 g/mol. The summed E-state index contributed by atoms with van der Waals surface area (Å²) in [6, 6.07) is 7.71. The summed E-state index contributed by atoms with van der Waals surface area (Å²) < 4.78 is 5.87. The number of benzene rings is 1. The van der Waals surface area contributed by atoms with Gasteiger partial charge in [-0.3, -0.25) is 4.90 Å². The largest absolute Gasteiger partial charge is 0.492 e. The molecule has 4 heteroatoms. The molecule has 0 spiro atoms. The van der Waals surface area contributed by atoms with E-state index in [1.54, 1.807) is 0 Å². The molecule has 0 saturated carbocycles. The molecule has 116 valence electrons. The molecule has 0 bridgehead atoms. The Morgan fingerprint density at radius 1 is 1.38 bits per heavy atom. The molecule has 1 fully saturated rings. The van der Waals surface area contributed by atoms with Crippen LogP contribution in [0.1, 0.15) is 32.8 Å². The third kappa shape index (κ3) is 4.42. The molecule has 0 aromatic heterocycles. The van der Waals surface area contributed by atoms with Gasteiger partial charge in [-0.2, -0.15) is 0 Å². The Labute approximate surface area is 133 Å². The van der Waals surface area contributed by atoms with E-state index in [9.17, 15) is 0 Å². The third-order valence-corrected chi connectivity index (χ3v) is 4.53. The Morgan fingerprint density at radius 2 is 2.10 bits per heavy atom. The standard InChI is InChI=1S/C17H26N2OS/c1-17(2,3)13-8-9-19(12-13)10-11-20-15-7-5-4-6-14(15)16(18)21/h4-7,13H,8-12H2,1-3H3,(H2,18,21). The van der Waals surface area contributed by atoms with Gasteiger partial charge in [-0.25, -0.2) is 0 Å². The maximum Gasteiger partial charge on any atom is 0.129 e. The maximum atomic E-state index is 5.87. The number of likely N-dealkylation sites (tertiary alicyclic amines) is 1. The Hall–Kier alpha value is -1.13. The fourth-order valence-electron chi connectivity index (χ4n) is 2.82. The van der Waals surface area contributed by atoms with Crippen molar-refractivity contribution in [1.82, 2.24) is 4.90 Å². The van der Waals surface area contributed by atoms with Gasteiger partial charge in [0.15, 0.2) is 0 Å². The van der Waals surface area contributed by atoms with Crippen LogP contribution in [0.4, 0.5) is 0 Å². The molecule has 0 radical (unpaired) electrons. The van der Waals surface area contributed by atoms with Crippen LogP contribution < -0.4 is 10.5 Å². The van der Waals surface area contributed by atoms with Crippen molar-refractivity contribution < 1.29 is 4.74 Å². The molecule has 1 aromatic carbocycles. The third-order valence-electron chi connectivity index (χ3n) is 4.31. The van der Waals surface area contributed by atoms with Gasteiger partial charge in [-0.05, 0) is 36.4 Å². The molecule has 1 aromatic rings. The van der Waals surface area contributed by atoms with E-state index in [0.717, 1.165) is 23.8 Å². The van der Waals surface area contributed by atoms with Crippen molar-refractivity contribution in [2.75, 3.05) is 26.2 Å². The van der Waals surface area contributed by atoms with Gasteiger partial charge < -0.3 is 10.5 Å². The van der Waals surface area contributed by atoms with Crippen molar-refractivity contribution in [3.63, 3.8) is 0 Å². The number of ether oxygens (including phenoxy) is 1. The topological polar surface area (TPSA) is 38.5 Å². The van der Waals surface area contributed by atoms with E-state index in [-0.39, 0.29) is 0 Å². The van der Waals surface area contributed by atoms with Crippen LogP contribution in [0, 0.1) is 11.3 Å². The molecule has 2 rings (SSSR count). The Morgan fingerprint density at radius 3 is 2.71 bits per heavy atom. The summed E-state index contributed by atoms with van der Waals surface area (Å²) in [7, 11) is 0. The number of thiocarbonyl (C=S) groups is 1. The van der Waals surface area contributed by atoms with Crippen LogP contribution in [-0.4, -0.2) is 36.1 Å². The van der Waals surface area contributed by atoms with Gasteiger partial charge in [-0.1, -0.05) is 45.1 Å². The Balaban J connectivity index is 1.82. The fraction of sp³-hybridized carbons (Fsp3) is 0.588. The maximum absolute atomic E-state index is 5.87. The average Bonchev–Trinajstić information content (AvgIpc) is 2.88. The molecule has 2 N–H and O–H groups in total. The molecule has 1 aliphatic heterocycles. The predicted molar refractivity (Wildman–Crippen MR) is 91.8 cm³/mol. The van der Waals surface area contributed by atoms with Crippen LogP contribution in [0.3, 0.4) is 0 Å². The first-order chi connectivity index (χ1) is 9.88. The van der Waals surface area contributed by atoms with Crippen LogP contribution in [0.5, 0.6) is 5.75 Å². The van der Waals surface area contributed by atoms with Crippen molar-refractivity contribution in [3.05, 3.63) is 29.8 Å². The van der Waals surface area contributed by atoms with Gasteiger partial charge in [-0.15, -0.1) is 0 Å². The van der Waals surface area contributed by atoms with Gasteiger partial charge in [0.1, 0.15) is 17.3 Å². The van der Waals surface area contributed by atoms with Crippen molar-refractivity contribution in [3.8, 4) is 5.75 Å². The summed E-state index contributed by atoms with van der Waals surface area (Å²) in [6.45, 7) is 11.0. The summed E-state index contributed by atoms with van der Waals surface area (Å²) in [5, 5.41) is 0. The highest BCUT2D eigenvalue weighted by Crippen LogP contribution is 2.33. The second-order valence-electron chi connectivity index (χ2n) is 6.86. The zero-order chi connectivity index (χ0) is 15.5. The molecule has 1 aliphatic rings. The summed E-state index contributed by atoms with van der Waals surface area (Å²) in [4.78, 5) is 2.87. The zero-order valence-electron chi connectivity index (χ0n) is 13.3. The molecule has 0 amide bonds. The van der Waals surface area contributed by atoms with E-state index in [1.807, 2.05) is 24.3 Å². The summed E-state index contributed by atoms with van der Waals surface area (Å²) in [6.07, 6.45) is 1.28. The highest BCUT2D eigenvalue weighted by Gasteiger charge is 2.31. The van der Waals surface area contributed by atoms with E-state index in [0.29, 0.717) is 17.0 Å². The van der Waals surface area contributed by atoms with Crippen LogP contribution in [0.2, 0.25) is 0 Å². The molecule has 0 aliphatic carbocycles. The van der Waals surface area contributed by atoms with Crippen LogP contribution in [0.25, 0.3) is 0 Å². The average molecular weight is 306 g/mol. The van der Waals surface area contributed by atoms with Gasteiger partial charge >= 0.3 is 0 Å². The lowest BCUT2D eigenvalue weighted by atomic mass is 9.80. The number of hydrogen-bond acceptors (Lipinski definition) is 3. The van der Waals surface area contributed by atoms with E-state index >= 15 is 0 Å². The number of para-hydroxylation sites is 1. The predicted octanol–water partition coefficient (Wildman–Crippen LogP) is 3.07. The van der Waals surface area contributed by atoms with E-state index in [2.05, 4.69) is 25.7 Å². The molecule has 1 saturated heterocycles. The smallest absolute Gasteiger partial charge is 0.129 e. The Kier molecular flexibility index (Phi) is 5.22. The van der Waals surface area contributed by atoms with Gasteiger partial charge in [0, 0.05) is 13.1 Å². The zero-order valence-corrected chi connectivity index (χ0v) is 14.1. The fourth-order valence-corrected chi connectivity index (χ4v) is 2.99. The minimum absolute atomic E-state index is 0.388. The molecule has 21 heavy (non-hydrogen) atoms. The molecule has 1 heterocycles. The number of nitrogens with zero attached hydrogens (tertiary/aromatic N) is 1. The van der Waals surface area contributed by atoms with Crippen molar-refractivity contribution in [2.24, 2.45) is 17.1 Å². The molecule has 3 nitrogen and oxygen atoms in total. The van der Waals surface area contributed by atoms with Crippen LogP contribution in [0.15, 0.2) is 24.3 Å². The first-order valence-corrected chi connectivity index (χ1v) is 8.03. The van der Waals surface area contributed by atoms with Crippen LogP contribution in [-0.2, 0) is 0 Å². The van der Waals surface area contributed by atoms with E-state index in [1.165, 1.54) is 19.5 Å². The van der Waals surface area contributed by atoms with E-state index in [4.69, 9.17) is 22.7 Å². The summed E-state index contributed by atoms with van der Waals surface area (Å²) in [5.74, 6) is 1.57. The van der Waals surface area contributed by atoms with Gasteiger partial charge in [0.2, 0.25) is 0 Å². The lowest BCUT2D eigenvalue weighted by molar-refractivity contribution is 0.203. The molecular formula is C17H26N2OS. The van der Waals surface area contributed by atoms with Crippen molar-refractivity contribution in [1.29, 1.82) is 0 Å². The first kappa shape index (κ1) is 16.2. The second kappa shape index (κ2) is 6.75. The lowest BCUT2D eigenvalue weighted by Gasteiger charge is -2.27. The molecule has 1 atom stereocenters. The lowest BCUT2D eigenvalue weighted by Crippen LogP contribution is -2.29. The van der Waals surface area contributed by atoms with E-state index < -0.39 is 0 Å². The quantitative estimate of drug-likeness (QED) is 0.849. The van der Waals surface area contributed by atoms with Gasteiger partial charge in [0.25, 0.3) is 0 Å². The minimum Gasteiger partial charge on any atom is -0.492 e. The number of nitrogens with two attached hydrogens (primary N) is 1. The van der Waals surface area contributed by atoms with Gasteiger partial charge in [0.05, 0.1) is 5.56 Å². The number of rotatable bonds is 5. The number of hydrogen-bond donors (Lipinski definition) is 1. The minimum atomic E-state index is 0.388. The highest BCUT2D eigenvalue weighted by atomic mass is 32.1. The van der Waals surface area contributed by atoms with Crippen LogP contribution >= 0.6 is 12.2 Å². The van der Waals surface area contributed by atoms with Crippen molar-refractivity contribution >= 4 is 17.2 Å². The Bertz CT molecular complexity index is 496. The second-order valence-corrected chi connectivity index (χ2v) is 7.30. The highest BCUT2D eigenvalue weighted by molar-refractivity contribution is 7.80.